The van der Waals surface area contributed by atoms with E-state index >= 15 is 0 Å². The van der Waals surface area contributed by atoms with Gasteiger partial charge in [-0.3, -0.25) is 9.69 Å². The molecule has 1 atom stereocenters. The number of hydrogen-bond donors (Lipinski definition) is 0. The zero-order valence-electron chi connectivity index (χ0n) is 13.0. The number of likely N-dealkylation sites (tertiary alicyclic amines) is 1. The molecule has 0 aromatic rings. The average molecular weight is 253 g/mol. The first-order chi connectivity index (χ1) is 8.29. The molecule has 1 heterocycles. The molecule has 0 N–H and O–H groups in total. The third-order valence-electron chi connectivity index (χ3n) is 4.45. The highest BCUT2D eigenvalue weighted by atomic mass is 16.1. The van der Waals surface area contributed by atoms with E-state index in [4.69, 9.17) is 0 Å². The second kappa shape index (κ2) is 6.18. The lowest BCUT2D eigenvalue weighted by molar-refractivity contribution is -0.132. The lowest BCUT2D eigenvalue weighted by Gasteiger charge is -2.42. The fourth-order valence-electron chi connectivity index (χ4n) is 2.74. The maximum Gasteiger partial charge on any atom is 0.152 e. The molecule has 106 valence electrons. The van der Waals surface area contributed by atoms with Crippen molar-refractivity contribution in [3.63, 3.8) is 0 Å². The van der Waals surface area contributed by atoms with E-state index in [2.05, 4.69) is 39.5 Å². The Morgan fingerprint density at radius 2 is 1.61 bits per heavy atom. The van der Waals surface area contributed by atoms with E-state index in [-0.39, 0.29) is 11.0 Å². The van der Waals surface area contributed by atoms with Gasteiger partial charge in [0, 0.05) is 6.42 Å². The topological polar surface area (TPSA) is 20.3 Å². The van der Waals surface area contributed by atoms with E-state index in [0.29, 0.717) is 5.78 Å². The Hall–Kier alpha value is -0.370. The normalized spacial score (nSPS) is 21.6. The summed E-state index contributed by atoms with van der Waals surface area (Å²) in [7, 11) is 0. The first kappa shape index (κ1) is 15.7. The molecule has 18 heavy (non-hydrogen) atoms. The van der Waals surface area contributed by atoms with Crippen LogP contribution in [-0.4, -0.2) is 29.3 Å². The van der Waals surface area contributed by atoms with Gasteiger partial charge in [-0.1, -0.05) is 34.1 Å². The van der Waals surface area contributed by atoms with Gasteiger partial charge in [0.15, 0.2) is 5.78 Å². The summed E-state index contributed by atoms with van der Waals surface area (Å²) in [6.45, 7) is 13.2. The van der Waals surface area contributed by atoms with Crippen molar-refractivity contribution < 1.29 is 4.79 Å². The number of ketones is 1. The summed E-state index contributed by atoms with van der Waals surface area (Å²) >= 11 is 0. The van der Waals surface area contributed by atoms with Crippen LogP contribution in [0.25, 0.3) is 0 Å². The van der Waals surface area contributed by atoms with Gasteiger partial charge >= 0.3 is 0 Å². The van der Waals surface area contributed by atoms with Crippen LogP contribution in [0.5, 0.6) is 0 Å². The molecule has 0 amide bonds. The molecule has 1 aliphatic rings. The van der Waals surface area contributed by atoms with Gasteiger partial charge in [-0.15, -0.1) is 0 Å². The van der Waals surface area contributed by atoms with Gasteiger partial charge in [0.05, 0.1) is 5.54 Å². The zero-order chi connectivity index (χ0) is 13.8. The van der Waals surface area contributed by atoms with Crippen molar-refractivity contribution in [1.82, 2.24) is 4.90 Å². The van der Waals surface area contributed by atoms with Gasteiger partial charge in [-0.2, -0.15) is 0 Å². The summed E-state index contributed by atoms with van der Waals surface area (Å²) in [5, 5.41) is 0. The monoisotopic (exact) mass is 253 g/mol. The van der Waals surface area contributed by atoms with Crippen LogP contribution in [0, 0.1) is 5.41 Å². The minimum atomic E-state index is -0.217. The highest BCUT2D eigenvalue weighted by Gasteiger charge is 2.37. The summed E-state index contributed by atoms with van der Waals surface area (Å²) in [4.78, 5) is 15.0. The summed E-state index contributed by atoms with van der Waals surface area (Å²) in [5.74, 6) is 0.446. The van der Waals surface area contributed by atoms with Crippen molar-refractivity contribution in [2.75, 3.05) is 13.1 Å². The van der Waals surface area contributed by atoms with E-state index in [1.54, 1.807) is 0 Å². The van der Waals surface area contributed by atoms with Gasteiger partial charge in [0.1, 0.15) is 0 Å². The maximum atomic E-state index is 12.6. The van der Waals surface area contributed by atoms with E-state index < -0.39 is 0 Å². The molecule has 1 aliphatic heterocycles. The van der Waals surface area contributed by atoms with Crippen molar-refractivity contribution in [1.29, 1.82) is 0 Å². The van der Waals surface area contributed by atoms with E-state index in [0.717, 1.165) is 32.4 Å². The molecular formula is C16H31NO. The number of Topliss-reactive ketones (excluding diaryl/α,β-unsaturated/α-hetero) is 1. The van der Waals surface area contributed by atoms with E-state index in [1.807, 2.05) is 0 Å². The number of rotatable bonds is 5. The largest absolute Gasteiger partial charge is 0.298 e. The lowest BCUT2D eigenvalue weighted by atomic mass is 9.82. The van der Waals surface area contributed by atoms with Crippen LogP contribution in [0.2, 0.25) is 0 Å². The van der Waals surface area contributed by atoms with Crippen LogP contribution in [0.4, 0.5) is 0 Å². The number of carbonyl (C=O) groups is 1. The predicted octanol–water partition coefficient (Wildman–Crippen LogP) is 4.04. The molecule has 2 nitrogen and oxygen atoms in total. The highest BCUT2D eigenvalue weighted by molar-refractivity contribution is 5.88. The summed E-state index contributed by atoms with van der Waals surface area (Å²) in [5.41, 5.74) is 0.0396. The van der Waals surface area contributed by atoms with Crippen LogP contribution >= 0.6 is 0 Å². The van der Waals surface area contributed by atoms with Crippen LogP contribution in [0.3, 0.4) is 0 Å². The molecular weight excluding hydrogens is 222 g/mol. The fraction of sp³-hybridized carbons (Fsp3) is 0.938. The van der Waals surface area contributed by atoms with Crippen molar-refractivity contribution in [3.05, 3.63) is 0 Å². The third kappa shape index (κ3) is 4.08. The Kier molecular flexibility index (Phi) is 5.39. The van der Waals surface area contributed by atoms with Crippen molar-refractivity contribution in [3.8, 4) is 0 Å². The van der Waals surface area contributed by atoms with E-state index in [1.165, 1.54) is 19.3 Å². The Morgan fingerprint density at radius 1 is 1.06 bits per heavy atom. The molecule has 2 heteroatoms. The predicted molar refractivity (Wildman–Crippen MR) is 77.8 cm³/mol. The van der Waals surface area contributed by atoms with Crippen LogP contribution < -0.4 is 0 Å². The molecule has 0 aromatic heterocycles. The quantitative estimate of drug-likeness (QED) is 0.737. The first-order valence-corrected chi connectivity index (χ1v) is 7.58. The van der Waals surface area contributed by atoms with E-state index in [9.17, 15) is 4.79 Å². The van der Waals surface area contributed by atoms with Gasteiger partial charge in [-0.05, 0) is 51.1 Å². The van der Waals surface area contributed by atoms with Crippen LogP contribution in [0.1, 0.15) is 73.1 Å². The first-order valence-electron chi connectivity index (χ1n) is 7.58. The molecule has 0 radical (unpaired) electrons. The molecule has 0 saturated carbocycles. The highest BCUT2D eigenvalue weighted by Crippen LogP contribution is 2.29. The SMILES string of the molecule is CCC(C)(C(=O)CCC(C)(C)C)N1CCCCC1. The Balaban J connectivity index is 2.64. The standard InChI is InChI=1S/C16H31NO/c1-6-16(5,17-12-8-7-9-13-17)14(18)10-11-15(2,3)4/h6-13H2,1-5H3. The minimum Gasteiger partial charge on any atom is -0.298 e. The Bertz CT molecular complexity index is 273. The Labute approximate surface area is 113 Å². The fourth-order valence-corrected chi connectivity index (χ4v) is 2.74. The number of piperidine rings is 1. The average Bonchev–Trinajstić information content (AvgIpc) is 2.35. The van der Waals surface area contributed by atoms with Gasteiger partial charge < -0.3 is 0 Å². The van der Waals surface area contributed by atoms with Gasteiger partial charge in [-0.25, -0.2) is 0 Å². The maximum absolute atomic E-state index is 12.6. The molecule has 1 unspecified atom stereocenters. The van der Waals surface area contributed by atoms with Crippen molar-refractivity contribution >= 4 is 5.78 Å². The second-order valence-electron chi connectivity index (χ2n) is 7.16. The molecule has 0 spiro atoms. The summed E-state index contributed by atoms with van der Waals surface area (Å²) < 4.78 is 0. The summed E-state index contributed by atoms with van der Waals surface area (Å²) in [6, 6.07) is 0. The number of hydrogen-bond acceptors (Lipinski definition) is 2. The zero-order valence-corrected chi connectivity index (χ0v) is 13.0. The van der Waals surface area contributed by atoms with Crippen LogP contribution in [-0.2, 0) is 4.79 Å². The molecule has 1 rings (SSSR count). The minimum absolute atomic E-state index is 0.217. The Morgan fingerprint density at radius 3 is 2.06 bits per heavy atom. The van der Waals surface area contributed by atoms with Crippen molar-refractivity contribution in [2.24, 2.45) is 5.41 Å². The lowest BCUT2D eigenvalue weighted by Crippen LogP contribution is -2.54. The number of carbonyl (C=O) groups excluding carboxylic acids is 1. The molecule has 1 fully saturated rings. The van der Waals surface area contributed by atoms with Gasteiger partial charge in [0.25, 0.3) is 0 Å². The van der Waals surface area contributed by atoms with Crippen LogP contribution in [0.15, 0.2) is 0 Å². The molecule has 0 aliphatic carbocycles. The molecule has 1 saturated heterocycles. The molecule has 0 bridgehead atoms. The second-order valence-corrected chi connectivity index (χ2v) is 7.16. The van der Waals surface area contributed by atoms with Crippen molar-refractivity contribution in [2.45, 2.75) is 78.7 Å². The summed E-state index contributed by atoms with van der Waals surface area (Å²) in [6.07, 6.45) is 6.49. The number of nitrogens with zero attached hydrogens (tertiary/aromatic N) is 1. The van der Waals surface area contributed by atoms with Gasteiger partial charge in [0.2, 0.25) is 0 Å². The molecule has 0 aromatic carbocycles. The smallest absolute Gasteiger partial charge is 0.152 e. The third-order valence-corrected chi connectivity index (χ3v) is 4.45.